The van der Waals surface area contributed by atoms with Gasteiger partial charge in [0.2, 0.25) is 5.91 Å². The summed E-state index contributed by atoms with van der Waals surface area (Å²) in [7, 11) is 0. The standard InChI is InChI=1S/C27H29N7O4S2/c1-5-33-24(23(16(2)3)30-25(36)19-7-6-8-20(13-19)34(37)38)31-32-27(33)40-15-22(35)29-26-28-21(14-39-26)18-11-9-17(4)10-12-18/h6-14,16,23H,5,15H2,1-4H3,(H,30,36)(H,28,29,35)/t23-/m1/s1. The van der Waals surface area contributed by atoms with Crippen molar-refractivity contribution in [1.82, 2.24) is 25.1 Å². The van der Waals surface area contributed by atoms with E-state index in [1.807, 2.05) is 61.9 Å². The summed E-state index contributed by atoms with van der Waals surface area (Å²) in [5, 5.41) is 28.5. The number of carbonyl (C=O) groups is 2. The first-order chi connectivity index (χ1) is 19.2. The van der Waals surface area contributed by atoms with E-state index < -0.39 is 16.9 Å². The normalized spacial score (nSPS) is 11.8. The van der Waals surface area contributed by atoms with Crippen molar-refractivity contribution in [3.8, 4) is 11.3 Å². The fraction of sp³-hybridized carbons (Fsp3) is 0.296. The SMILES string of the molecule is CCn1c(SCC(=O)Nc2nc(-c3ccc(C)cc3)cs2)nnc1[C@H](NC(=O)c1cccc([N+](=O)[O-])c1)C(C)C. The van der Waals surface area contributed by atoms with E-state index in [1.54, 1.807) is 0 Å². The van der Waals surface area contributed by atoms with E-state index in [9.17, 15) is 19.7 Å². The van der Waals surface area contributed by atoms with Crippen molar-refractivity contribution < 1.29 is 14.5 Å². The largest absolute Gasteiger partial charge is 0.342 e. The summed E-state index contributed by atoms with van der Waals surface area (Å²) in [6.45, 7) is 8.35. The summed E-state index contributed by atoms with van der Waals surface area (Å²) in [5.74, 6) is -0.0755. The molecule has 0 spiro atoms. The Labute approximate surface area is 239 Å². The second kappa shape index (κ2) is 12.8. The van der Waals surface area contributed by atoms with E-state index in [0.717, 1.165) is 16.8 Å². The summed E-state index contributed by atoms with van der Waals surface area (Å²) in [6, 6.07) is 13.1. The number of thioether (sulfide) groups is 1. The highest BCUT2D eigenvalue weighted by Gasteiger charge is 2.27. The monoisotopic (exact) mass is 579 g/mol. The van der Waals surface area contributed by atoms with E-state index in [0.29, 0.717) is 22.7 Å². The molecule has 0 unspecified atom stereocenters. The molecule has 13 heteroatoms. The summed E-state index contributed by atoms with van der Waals surface area (Å²) in [6.07, 6.45) is 0. The van der Waals surface area contributed by atoms with Gasteiger partial charge in [0.25, 0.3) is 11.6 Å². The second-order valence-corrected chi connectivity index (χ2v) is 11.1. The first-order valence-electron chi connectivity index (χ1n) is 12.6. The van der Waals surface area contributed by atoms with Crippen LogP contribution in [0.3, 0.4) is 0 Å². The minimum Gasteiger partial charge on any atom is -0.342 e. The molecule has 0 aliphatic carbocycles. The van der Waals surface area contributed by atoms with E-state index in [4.69, 9.17) is 0 Å². The Morgan fingerprint density at radius 2 is 1.90 bits per heavy atom. The minimum atomic E-state index is -0.540. The lowest BCUT2D eigenvalue weighted by Crippen LogP contribution is -2.33. The lowest BCUT2D eigenvalue weighted by Gasteiger charge is -2.22. The van der Waals surface area contributed by atoms with Gasteiger partial charge in [0.15, 0.2) is 16.1 Å². The number of rotatable bonds is 11. The molecule has 11 nitrogen and oxygen atoms in total. The van der Waals surface area contributed by atoms with Crippen molar-refractivity contribution in [3.63, 3.8) is 0 Å². The molecule has 4 aromatic rings. The van der Waals surface area contributed by atoms with Crippen LogP contribution in [-0.4, -0.2) is 42.2 Å². The summed E-state index contributed by atoms with van der Waals surface area (Å²) in [5.41, 5.74) is 2.97. The first kappa shape index (κ1) is 28.9. The maximum Gasteiger partial charge on any atom is 0.270 e. The molecule has 2 aromatic carbocycles. The molecular weight excluding hydrogens is 550 g/mol. The minimum absolute atomic E-state index is 0.0501. The first-order valence-corrected chi connectivity index (χ1v) is 14.5. The fourth-order valence-corrected chi connectivity index (χ4v) is 5.47. The number of carbonyl (C=O) groups excluding carboxylic acids is 2. The van der Waals surface area contributed by atoms with Crippen LogP contribution in [0.15, 0.2) is 59.1 Å². The van der Waals surface area contributed by atoms with Gasteiger partial charge in [-0.05, 0) is 25.8 Å². The Kier molecular flexibility index (Phi) is 9.27. The van der Waals surface area contributed by atoms with Gasteiger partial charge in [0.1, 0.15) is 0 Å². The van der Waals surface area contributed by atoms with Gasteiger partial charge in [-0.15, -0.1) is 21.5 Å². The average molecular weight is 580 g/mol. The smallest absolute Gasteiger partial charge is 0.270 e. The Morgan fingerprint density at radius 1 is 1.15 bits per heavy atom. The molecule has 2 heterocycles. The number of nitrogens with one attached hydrogen (secondary N) is 2. The predicted molar refractivity (Wildman–Crippen MR) is 155 cm³/mol. The van der Waals surface area contributed by atoms with Gasteiger partial charge in [-0.2, -0.15) is 0 Å². The van der Waals surface area contributed by atoms with Crippen LogP contribution < -0.4 is 10.6 Å². The number of hydrogen-bond donors (Lipinski definition) is 2. The molecule has 40 heavy (non-hydrogen) atoms. The van der Waals surface area contributed by atoms with Gasteiger partial charge in [0, 0.05) is 35.2 Å². The molecule has 208 valence electrons. The summed E-state index contributed by atoms with van der Waals surface area (Å²) in [4.78, 5) is 40.7. The third-order valence-electron chi connectivity index (χ3n) is 6.04. The number of aryl methyl sites for hydroxylation is 1. The van der Waals surface area contributed by atoms with Crippen LogP contribution in [0.25, 0.3) is 11.3 Å². The van der Waals surface area contributed by atoms with E-state index in [1.165, 1.54) is 47.4 Å². The molecule has 0 radical (unpaired) electrons. The molecule has 0 fully saturated rings. The third-order valence-corrected chi connectivity index (χ3v) is 7.77. The summed E-state index contributed by atoms with van der Waals surface area (Å²) >= 11 is 2.60. The number of nitro benzene ring substituents is 1. The number of anilines is 1. The zero-order valence-electron chi connectivity index (χ0n) is 22.5. The highest BCUT2D eigenvalue weighted by molar-refractivity contribution is 7.99. The average Bonchev–Trinajstić information content (AvgIpc) is 3.57. The van der Waals surface area contributed by atoms with Gasteiger partial charge < -0.3 is 15.2 Å². The van der Waals surface area contributed by atoms with Gasteiger partial charge in [0.05, 0.1) is 22.4 Å². The van der Waals surface area contributed by atoms with Crippen molar-refractivity contribution in [2.75, 3.05) is 11.1 Å². The number of hydrogen-bond acceptors (Lipinski definition) is 9. The topological polar surface area (TPSA) is 145 Å². The van der Waals surface area contributed by atoms with Crippen LogP contribution in [0.2, 0.25) is 0 Å². The molecule has 0 bridgehead atoms. The number of amides is 2. The van der Waals surface area contributed by atoms with Crippen LogP contribution >= 0.6 is 23.1 Å². The molecule has 4 rings (SSSR count). The van der Waals surface area contributed by atoms with Crippen molar-refractivity contribution in [2.45, 2.75) is 45.4 Å². The number of nitro groups is 1. The number of aromatic nitrogens is 4. The van der Waals surface area contributed by atoms with Gasteiger partial charge in [-0.1, -0.05) is 61.5 Å². The van der Waals surface area contributed by atoms with Crippen molar-refractivity contribution >= 4 is 45.7 Å². The number of benzene rings is 2. The van der Waals surface area contributed by atoms with E-state index >= 15 is 0 Å². The predicted octanol–water partition coefficient (Wildman–Crippen LogP) is 5.50. The Bertz CT molecular complexity index is 1520. The maximum absolute atomic E-state index is 13.0. The highest BCUT2D eigenvalue weighted by atomic mass is 32.2. The van der Waals surface area contributed by atoms with Crippen molar-refractivity contribution in [2.24, 2.45) is 5.92 Å². The maximum atomic E-state index is 13.0. The molecule has 0 aliphatic rings. The third kappa shape index (κ3) is 6.90. The van der Waals surface area contributed by atoms with Gasteiger partial charge >= 0.3 is 0 Å². The number of thiazole rings is 1. The zero-order chi connectivity index (χ0) is 28.8. The second-order valence-electron chi connectivity index (χ2n) is 9.33. The van der Waals surface area contributed by atoms with Crippen molar-refractivity contribution in [1.29, 1.82) is 0 Å². The molecule has 2 amide bonds. The van der Waals surface area contributed by atoms with E-state index in [-0.39, 0.29) is 28.8 Å². The molecular formula is C27H29N7O4S2. The molecule has 0 aliphatic heterocycles. The van der Waals surface area contributed by atoms with Gasteiger partial charge in [-0.25, -0.2) is 4.98 Å². The van der Waals surface area contributed by atoms with Crippen LogP contribution in [0, 0.1) is 23.0 Å². The number of nitrogens with zero attached hydrogens (tertiary/aromatic N) is 5. The highest BCUT2D eigenvalue weighted by Crippen LogP contribution is 2.28. The fourth-order valence-electron chi connectivity index (χ4n) is 3.92. The van der Waals surface area contributed by atoms with Gasteiger partial charge in [-0.3, -0.25) is 19.7 Å². The van der Waals surface area contributed by atoms with Crippen LogP contribution in [0.4, 0.5) is 10.8 Å². The Balaban J connectivity index is 1.41. The quantitative estimate of drug-likeness (QED) is 0.135. The Morgan fingerprint density at radius 3 is 2.58 bits per heavy atom. The van der Waals surface area contributed by atoms with Crippen LogP contribution in [0.1, 0.15) is 48.6 Å². The van der Waals surface area contributed by atoms with Crippen LogP contribution in [-0.2, 0) is 11.3 Å². The molecule has 2 N–H and O–H groups in total. The lowest BCUT2D eigenvalue weighted by atomic mass is 10.0. The zero-order valence-corrected chi connectivity index (χ0v) is 24.1. The summed E-state index contributed by atoms with van der Waals surface area (Å²) < 4.78 is 1.86. The van der Waals surface area contributed by atoms with E-state index in [2.05, 4.69) is 25.8 Å². The molecule has 0 saturated carbocycles. The van der Waals surface area contributed by atoms with Crippen LogP contribution in [0.5, 0.6) is 0 Å². The molecule has 0 saturated heterocycles. The molecule has 1 atom stereocenters. The lowest BCUT2D eigenvalue weighted by molar-refractivity contribution is -0.384. The molecule has 2 aromatic heterocycles. The number of non-ortho nitro benzene ring substituents is 1. The Hall–Kier alpha value is -4.10. The van der Waals surface area contributed by atoms with Crippen molar-refractivity contribution in [3.05, 3.63) is 81.0 Å².